The molecule has 0 aliphatic carbocycles. The Balaban J connectivity index is 1.12. The van der Waals surface area contributed by atoms with Crippen LogP contribution in [0.4, 0.5) is 22.7 Å². The summed E-state index contributed by atoms with van der Waals surface area (Å²) in [5.74, 6) is 2.50. The standard InChI is InChI=1S/C42H34N4OS/c1-42(2,3)28-22-23-43-39(24-28)46-37-26-32(20-21-33(37)41-40(46)34-16-7-10-19-38(34)48-41)47-31-15-11-14-30(25-31)45-27-44(29-12-5-4-6-13-29)35-17-8-9-18-36(35)45/h4-26H,27H2,1-3H3. The van der Waals surface area contributed by atoms with E-state index in [1.54, 1.807) is 0 Å². The molecule has 0 unspecified atom stereocenters. The molecular formula is C42H34N4OS. The van der Waals surface area contributed by atoms with E-state index in [0.717, 1.165) is 35.2 Å². The lowest BCUT2D eigenvalue weighted by molar-refractivity contribution is 0.483. The number of anilines is 4. The van der Waals surface area contributed by atoms with Gasteiger partial charge in [0.25, 0.3) is 0 Å². The van der Waals surface area contributed by atoms with Crippen molar-refractivity contribution in [3.05, 3.63) is 145 Å². The average Bonchev–Trinajstić information content (AvgIpc) is 3.78. The van der Waals surface area contributed by atoms with E-state index in [-0.39, 0.29) is 5.41 Å². The van der Waals surface area contributed by atoms with Crippen LogP contribution >= 0.6 is 11.3 Å². The highest BCUT2D eigenvalue weighted by atomic mass is 32.1. The maximum Gasteiger partial charge on any atom is 0.137 e. The van der Waals surface area contributed by atoms with E-state index in [2.05, 4.69) is 163 Å². The van der Waals surface area contributed by atoms with Crippen LogP contribution in [0.1, 0.15) is 26.3 Å². The molecule has 8 aromatic rings. The van der Waals surface area contributed by atoms with Gasteiger partial charge in [-0.15, -0.1) is 11.3 Å². The maximum atomic E-state index is 6.64. The molecule has 0 bridgehead atoms. The van der Waals surface area contributed by atoms with Crippen molar-refractivity contribution in [1.29, 1.82) is 0 Å². The van der Waals surface area contributed by atoms with Crippen molar-refractivity contribution in [3.63, 3.8) is 0 Å². The zero-order valence-corrected chi connectivity index (χ0v) is 27.9. The molecule has 0 radical (unpaired) electrons. The lowest BCUT2D eigenvalue weighted by Gasteiger charge is -2.22. The summed E-state index contributed by atoms with van der Waals surface area (Å²) in [6.07, 6.45) is 1.93. The monoisotopic (exact) mass is 642 g/mol. The van der Waals surface area contributed by atoms with Gasteiger partial charge in [0.05, 0.1) is 27.1 Å². The molecule has 5 nitrogen and oxygen atoms in total. The Labute approximate surface area is 283 Å². The van der Waals surface area contributed by atoms with Gasteiger partial charge in [0.1, 0.15) is 24.0 Å². The Hall–Kier alpha value is -5.59. The van der Waals surface area contributed by atoms with Gasteiger partial charge in [0, 0.05) is 45.2 Å². The fourth-order valence-corrected chi connectivity index (χ4v) is 8.09. The summed E-state index contributed by atoms with van der Waals surface area (Å²) >= 11 is 1.84. The van der Waals surface area contributed by atoms with Crippen LogP contribution in [-0.4, -0.2) is 16.2 Å². The van der Waals surface area contributed by atoms with Gasteiger partial charge in [-0.05, 0) is 77.7 Å². The molecule has 1 aliphatic heterocycles. The highest BCUT2D eigenvalue weighted by Crippen LogP contribution is 2.46. The number of ether oxygens (including phenoxy) is 1. The minimum Gasteiger partial charge on any atom is -0.457 e. The predicted molar refractivity (Wildman–Crippen MR) is 201 cm³/mol. The summed E-state index contributed by atoms with van der Waals surface area (Å²) in [5, 5.41) is 2.44. The van der Waals surface area contributed by atoms with Gasteiger partial charge < -0.3 is 14.5 Å². The van der Waals surface area contributed by atoms with Crippen LogP contribution in [-0.2, 0) is 5.41 Å². The zero-order valence-electron chi connectivity index (χ0n) is 27.1. The fraction of sp³-hybridized carbons (Fsp3) is 0.119. The van der Waals surface area contributed by atoms with Gasteiger partial charge in [-0.3, -0.25) is 4.57 Å². The molecule has 0 atom stereocenters. The van der Waals surface area contributed by atoms with E-state index in [4.69, 9.17) is 9.72 Å². The number of pyridine rings is 1. The number of para-hydroxylation sites is 3. The summed E-state index contributed by atoms with van der Waals surface area (Å²) in [4.78, 5) is 9.61. The van der Waals surface area contributed by atoms with E-state index in [0.29, 0.717) is 0 Å². The zero-order chi connectivity index (χ0) is 32.4. The van der Waals surface area contributed by atoms with Crippen molar-refractivity contribution in [3.8, 4) is 17.3 Å². The maximum absolute atomic E-state index is 6.64. The van der Waals surface area contributed by atoms with Gasteiger partial charge in [0.2, 0.25) is 0 Å². The van der Waals surface area contributed by atoms with Crippen LogP contribution in [0.25, 0.3) is 37.0 Å². The lowest BCUT2D eigenvalue weighted by atomic mass is 9.88. The molecule has 9 rings (SSSR count). The van der Waals surface area contributed by atoms with E-state index < -0.39 is 0 Å². The number of rotatable bonds is 5. The highest BCUT2D eigenvalue weighted by Gasteiger charge is 2.28. The SMILES string of the molecule is CC(C)(C)c1ccnc(-n2c3cc(Oc4cccc(N5CN(c6ccccc6)c6ccccc65)c4)ccc3c3sc4ccccc4c32)c1. The topological polar surface area (TPSA) is 33.5 Å². The number of benzene rings is 5. The van der Waals surface area contributed by atoms with Gasteiger partial charge in [-0.2, -0.15) is 0 Å². The molecule has 0 amide bonds. The highest BCUT2D eigenvalue weighted by molar-refractivity contribution is 7.26. The van der Waals surface area contributed by atoms with E-state index in [1.807, 2.05) is 23.6 Å². The first-order chi connectivity index (χ1) is 23.4. The molecule has 0 N–H and O–H groups in total. The molecule has 0 saturated carbocycles. The third kappa shape index (κ3) is 4.71. The van der Waals surface area contributed by atoms with Crippen LogP contribution in [0.15, 0.2) is 140 Å². The van der Waals surface area contributed by atoms with Crippen molar-refractivity contribution in [2.75, 3.05) is 16.5 Å². The molecule has 1 aliphatic rings. The summed E-state index contributed by atoms with van der Waals surface area (Å²) in [6.45, 7) is 7.46. The Kier molecular flexibility index (Phi) is 6.56. The van der Waals surface area contributed by atoms with E-state index >= 15 is 0 Å². The van der Waals surface area contributed by atoms with E-state index in [9.17, 15) is 0 Å². The van der Waals surface area contributed by atoms with E-state index in [1.165, 1.54) is 48.3 Å². The first-order valence-electron chi connectivity index (χ1n) is 16.3. The van der Waals surface area contributed by atoms with Crippen LogP contribution in [0.2, 0.25) is 0 Å². The lowest BCUT2D eigenvalue weighted by Crippen LogP contribution is -2.23. The van der Waals surface area contributed by atoms with Crippen molar-refractivity contribution in [2.45, 2.75) is 26.2 Å². The molecule has 4 heterocycles. The van der Waals surface area contributed by atoms with Crippen LogP contribution in [0.5, 0.6) is 11.5 Å². The van der Waals surface area contributed by atoms with Crippen LogP contribution < -0.4 is 14.5 Å². The quantitative estimate of drug-likeness (QED) is 0.187. The molecule has 3 aromatic heterocycles. The van der Waals surface area contributed by atoms with Crippen molar-refractivity contribution >= 4 is 65.3 Å². The molecule has 0 spiro atoms. The van der Waals surface area contributed by atoms with Gasteiger partial charge in [0.15, 0.2) is 0 Å². The second-order valence-electron chi connectivity index (χ2n) is 13.4. The molecular weight excluding hydrogens is 609 g/mol. The number of hydrogen-bond acceptors (Lipinski definition) is 5. The second kappa shape index (κ2) is 11.0. The predicted octanol–water partition coefficient (Wildman–Crippen LogP) is 11.7. The Bertz CT molecular complexity index is 2470. The number of hydrogen-bond donors (Lipinski definition) is 0. The van der Waals surface area contributed by atoms with Gasteiger partial charge in [-0.25, -0.2) is 4.98 Å². The average molecular weight is 643 g/mol. The fourth-order valence-electron chi connectivity index (χ4n) is 6.87. The Morgan fingerprint density at radius 3 is 2.17 bits per heavy atom. The van der Waals surface area contributed by atoms with Crippen molar-refractivity contribution in [1.82, 2.24) is 9.55 Å². The number of aromatic nitrogens is 2. The molecule has 48 heavy (non-hydrogen) atoms. The first-order valence-corrected chi connectivity index (χ1v) is 17.1. The van der Waals surface area contributed by atoms with Crippen molar-refractivity contribution < 1.29 is 4.74 Å². The second-order valence-corrected chi connectivity index (χ2v) is 14.4. The molecule has 0 saturated heterocycles. The molecule has 6 heteroatoms. The Morgan fingerprint density at radius 1 is 0.646 bits per heavy atom. The van der Waals surface area contributed by atoms with Gasteiger partial charge in [-0.1, -0.05) is 75.4 Å². The normalized spacial score (nSPS) is 13.1. The number of fused-ring (bicyclic) bond motifs is 6. The molecule has 5 aromatic carbocycles. The third-order valence-electron chi connectivity index (χ3n) is 9.27. The van der Waals surface area contributed by atoms with Crippen LogP contribution in [0.3, 0.4) is 0 Å². The Morgan fingerprint density at radius 2 is 1.35 bits per heavy atom. The number of nitrogens with zero attached hydrogens (tertiary/aromatic N) is 4. The third-order valence-corrected chi connectivity index (χ3v) is 10.5. The first kappa shape index (κ1) is 28.6. The summed E-state index contributed by atoms with van der Waals surface area (Å²) < 4.78 is 11.5. The minimum absolute atomic E-state index is 0.00372. The smallest absolute Gasteiger partial charge is 0.137 e. The number of thiophene rings is 1. The summed E-state index contributed by atoms with van der Waals surface area (Å²) in [7, 11) is 0. The van der Waals surface area contributed by atoms with Crippen molar-refractivity contribution in [2.24, 2.45) is 0 Å². The molecule has 234 valence electrons. The van der Waals surface area contributed by atoms with Gasteiger partial charge >= 0.3 is 0 Å². The summed E-state index contributed by atoms with van der Waals surface area (Å²) in [5.41, 5.74) is 8.15. The molecule has 0 fully saturated rings. The largest absolute Gasteiger partial charge is 0.457 e. The van der Waals surface area contributed by atoms with Crippen LogP contribution in [0, 0.1) is 0 Å². The summed E-state index contributed by atoms with van der Waals surface area (Å²) in [6, 6.07) is 47.0. The minimum atomic E-state index is 0.00372.